The average Bonchev–Trinajstić information content (AvgIpc) is 2.74. The van der Waals surface area contributed by atoms with E-state index in [1.807, 2.05) is 18.2 Å². The maximum Gasteiger partial charge on any atom is 0.416 e. The van der Waals surface area contributed by atoms with Gasteiger partial charge in [0.25, 0.3) is 0 Å². The minimum Gasteiger partial charge on any atom is -0.457 e. The fourth-order valence-corrected chi connectivity index (χ4v) is 3.01. The molecule has 0 aromatic heterocycles. The Morgan fingerprint density at radius 2 is 1.47 bits per heavy atom. The van der Waals surface area contributed by atoms with Crippen LogP contribution in [0.3, 0.4) is 0 Å². The Morgan fingerprint density at radius 1 is 0.833 bits per heavy atom. The Kier molecular flexibility index (Phi) is 6.97. The van der Waals surface area contributed by atoms with E-state index in [0.29, 0.717) is 28.3 Å². The maximum atomic E-state index is 13.0. The largest absolute Gasteiger partial charge is 0.457 e. The summed E-state index contributed by atoms with van der Waals surface area (Å²) in [7, 11) is 0. The van der Waals surface area contributed by atoms with E-state index in [0.717, 1.165) is 0 Å². The molecule has 3 aromatic carbocycles. The molecule has 2 N–H and O–H groups in total. The molecule has 3 rings (SSSR count). The SMILES string of the molecule is OCc1ccccc1CN(CC(O)C(F)(F)F)c1cccc(Oc2ccccc2)c1. The summed E-state index contributed by atoms with van der Waals surface area (Å²) in [6.45, 7) is -0.806. The molecule has 1 atom stereocenters. The van der Waals surface area contributed by atoms with Crippen molar-refractivity contribution in [2.24, 2.45) is 0 Å². The topological polar surface area (TPSA) is 52.9 Å². The summed E-state index contributed by atoms with van der Waals surface area (Å²) in [6.07, 6.45) is -7.26. The van der Waals surface area contributed by atoms with Crippen LogP contribution < -0.4 is 9.64 Å². The molecule has 0 aliphatic rings. The second kappa shape index (κ2) is 9.65. The van der Waals surface area contributed by atoms with Crippen molar-refractivity contribution < 1.29 is 28.1 Å². The van der Waals surface area contributed by atoms with Crippen LogP contribution in [0.4, 0.5) is 18.9 Å². The lowest BCUT2D eigenvalue weighted by Crippen LogP contribution is -2.41. The van der Waals surface area contributed by atoms with Gasteiger partial charge in [0.05, 0.1) is 13.2 Å². The molecule has 1 unspecified atom stereocenters. The van der Waals surface area contributed by atoms with Crippen LogP contribution in [0.2, 0.25) is 0 Å². The highest BCUT2D eigenvalue weighted by atomic mass is 19.4. The summed E-state index contributed by atoms with van der Waals surface area (Å²) < 4.78 is 44.9. The van der Waals surface area contributed by atoms with Gasteiger partial charge in [0.2, 0.25) is 0 Å². The summed E-state index contributed by atoms with van der Waals surface area (Å²) in [5.74, 6) is 1.06. The molecule has 158 valence electrons. The molecule has 30 heavy (non-hydrogen) atoms. The number of halogens is 3. The molecule has 0 saturated heterocycles. The van der Waals surface area contributed by atoms with Gasteiger partial charge >= 0.3 is 6.18 Å². The molecule has 0 heterocycles. The third-order valence-corrected chi connectivity index (χ3v) is 4.58. The first kappa shape index (κ1) is 21.7. The highest BCUT2D eigenvalue weighted by Crippen LogP contribution is 2.29. The first-order valence-corrected chi connectivity index (χ1v) is 9.37. The standard InChI is InChI=1S/C23H22F3NO3/c24-23(25,26)22(29)15-27(14-17-7-4-5-8-18(17)16-28)19-9-6-12-21(13-19)30-20-10-2-1-3-11-20/h1-13,22,28-29H,14-16H2. The van der Waals surface area contributed by atoms with Crippen LogP contribution >= 0.6 is 0 Å². The molecular formula is C23H22F3NO3. The zero-order chi connectivity index (χ0) is 21.6. The molecule has 0 aliphatic carbocycles. The monoisotopic (exact) mass is 417 g/mol. The van der Waals surface area contributed by atoms with Crippen LogP contribution in [-0.4, -0.2) is 29.0 Å². The van der Waals surface area contributed by atoms with E-state index in [1.54, 1.807) is 60.7 Å². The highest BCUT2D eigenvalue weighted by molar-refractivity contribution is 5.52. The van der Waals surface area contributed by atoms with E-state index < -0.39 is 18.8 Å². The molecule has 0 bridgehead atoms. The zero-order valence-electron chi connectivity index (χ0n) is 16.1. The van der Waals surface area contributed by atoms with Crippen molar-refractivity contribution in [2.45, 2.75) is 25.4 Å². The molecular weight excluding hydrogens is 395 g/mol. The number of para-hydroxylation sites is 1. The Labute approximate surface area is 172 Å². The third kappa shape index (κ3) is 5.75. The molecule has 3 aromatic rings. The molecule has 0 amide bonds. The molecule has 0 fully saturated rings. The highest BCUT2D eigenvalue weighted by Gasteiger charge is 2.39. The predicted octanol–water partition coefficient (Wildman–Crippen LogP) is 4.90. The van der Waals surface area contributed by atoms with E-state index in [-0.39, 0.29) is 13.2 Å². The van der Waals surface area contributed by atoms with Gasteiger partial charge < -0.3 is 19.8 Å². The lowest BCUT2D eigenvalue weighted by Gasteiger charge is -2.29. The van der Waals surface area contributed by atoms with Crippen molar-refractivity contribution in [3.05, 3.63) is 90.0 Å². The van der Waals surface area contributed by atoms with Crippen molar-refractivity contribution >= 4 is 5.69 Å². The first-order chi connectivity index (χ1) is 14.4. The van der Waals surface area contributed by atoms with Crippen molar-refractivity contribution in [1.82, 2.24) is 0 Å². The van der Waals surface area contributed by atoms with E-state index in [2.05, 4.69) is 0 Å². The van der Waals surface area contributed by atoms with Gasteiger partial charge in [-0.15, -0.1) is 0 Å². The maximum absolute atomic E-state index is 13.0. The van der Waals surface area contributed by atoms with Gasteiger partial charge in [-0.25, -0.2) is 0 Å². The summed E-state index contributed by atoms with van der Waals surface area (Å²) in [5, 5.41) is 19.2. The van der Waals surface area contributed by atoms with Crippen LogP contribution in [0.1, 0.15) is 11.1 Å². The van der Waals surface area contributed by atoms with Crippen LogP contribution in [0, 0.1) is 0 Å². The van der Waals surface area contributed by atoms with Crippen LogP contribution in [0.5, 0.6) is 11.5 Å². The molecule has 0 saturated carbocycles. The summed E-state index contributed by atoms with van der Waals surface area (Å²) in [5.41, 5.74) is 1.74. The van der Waals surface area contributed by atoms with Gasteiger partial charge in [0.15, 0.2) is 6.10 Å². The van der Waals surface area contributed by atoms with Gasteiger partial charge in [0.1, 0.15) is 11.5 Å². The number of benzene rings is 3. The van der Waals surface area contributed by atoms with Crippen LogP contribution in [0.15, 0.2) is 78.9 Å². The van der Waals surface area contributed by atoms with Crippen molar-refractivity contribution in [1.29, 1.82) is 0 Å². The van der Waals surface area contributed by atoms with Crippen molar-refractivity contribution in [2.75, 3.05) is 11.4 Å². The number of anilines is 1. The lowest BCUT2D eigenvalue weighted by atomic mass is 10.1. The smallest absolute Gasteiger partial charge is 0.416 e. The second-order valence-electron chi connectivity index (χ2n) is 6.78. The Bertz CT molecular complexity index is 948. The molecule has 0 aliphatic heterocycles. The van der Waals surface area contributed by atoms with E-state index in [4.69, 9.17) is 4.74 Å². The average molecular weight is 417 g/mol. The van der Waals surface area contributed by atoms with Crippen molar-refractivity contribution in [3.8, 4) is 11.5 Å². The van der Waals surface area contributed by atoms with Crippen LogP contribution in [-0.2, 0) is 13.2 Å². The fourth-order valence-electron chi connectivity index (χ4n) is 3.01. The predicted molar refractivity (Wildman–Crippen MR) is 108 cm³/mol. The number of aliphatic hydroxyl groups excluding tert-OH is 2. The molecule has 4 nitrogen and oxygen atoms in total. The van der Waals surface area contributed by atoms with E-state index in [1.165, 1.54) is 4.90 Å². The Balaban J connectivity index is 1.90. The molecule has 0 spiro atoms. The fraction of sp³-hybridized carbons (Fsp3) is 0.217. The zero-order valence-corrected chi connectivity index (χ0v) is 16.1. The molecule has 0 radical (unpaired) electrons. The van der Waals surface area contributed by atoms with Crippen molar-refractivity contribution in [3.63, 3.8) is 0 Å². The van der Waals surface area contributed by atoms with E-state index in [9.17, 15) is 23.4 Å². The number of hydrogen-bond acceptors (Lipinski definition) is 4. The molecule has 7 heteroatoms. The van der Waals surface area contributed by atoms with E-state index >= 15 is 0 Å². The normalized spacial score (nSPS) is 12.4. The van der Waals surface area contributed by atoms with Gasteiger partial charge in [-0.3, -0.25) is 0 Å². The summed E-state index contributed by atoms with van der Waals surface area (Å²) >= 11 is 0. The number of ether oxygens (including phenoxy) is 1. The minimum atomic E-state index is -4.74. The lowest BCUT2D eigenvalue weighted by molar-refractivity contribution is -0.200. The Hall–Kier alpha value is -3.03. The first-order valence-electron chi connectivity index (χ1n) is 9.37. The minimum absolute atomic E-state index is 0.0820. The van der Waals surface area contributed by atoms with Gasteiger partial charge in [-0.2, -0.15) is 13.2 Å². The van der Waals surface area contributed by atoms with Gasteiger partial charge in [-0.1, -0.05) is 48.5 Å². The number of nitrogens with zero attached hydrogens (tertiary/aromatic N) is 1. The van der Waals surface area contributed by atoms with Crippen LogP contribution in [0.25, 0.3) is 0 Å². The number of rotatable bonds is 8. The second-order valence-corrected chi connectivity index (χ2v) is 6.78. The Morgan fingerprint density at radius 3 is 2.13 bits per heavy atom. The van der Waals surface area contributed by atoms with Gasteiger partial charge in [-0.05, 0) is 35.4 Å². The quantitative estimate of drug-likeness (QED) is 0.547. The number of aliphatic hydroxyl groups is 2. The van der Waals surface area contributed by atoms with Gasteiger partial charge in [0, 0.05) is 18.3 Å². The number of alkyl halides is 3. The third-order valence-electron chi connectivity index (χ3n) is 4.58. The number of hydrogen-bond donors (Lipinski definition) is 2. The summed E-state index contributed by atoms with van der Waals surface area (Å²) in [6, 6.07) is 22.6. The summed E-state index contributed by atoms with van der Waals surface area (Å²) in [4.78, 5) is 1.42.